The van der Waals surface area contributed by atoms with Crippen LogP contribution in [0.25, 0.3) is 22.2 Å². The molecule has 26 heavy (non-hydrogen) atoms. The zero-order chi connectivity index (χ0) is 18.8. The third-order valence-electron chi connectivity index (χ3n) is 4.37. The van der Waals surface area contributed by atoms with E-state index in [2.05, 4.69) is 33.0 Å². The highest BCUT2D eigenvalue weighted by Gasteiger charge is 2.24. The number of anilines is 1. The first kappa shape index (κ1) is 18.2. The summed E-state index contributed by atoms with van der Waals surface area (Å²) in [6.07, 6.45) is 0.922. The third-order valence-corrected chi connectivity index (χ3v) is 4.37. The second-order valence-electron chi connectivity index (χ2n) is 7.59. The molecule has 0 aliphatic heterocycles. The molecule has 3 aromatic rings. The van der Waals surface area contributed by atoms with Gasteiger partial charge >= 0.3 is 0 Å². The van der Waals surface area contributed by atoms with E-state index in [0.717, 1.165) is 17.5 Å². The maximum Gasteiger partial charge on any atom is 0.257 e. The minimum atomic E-state index is -0.180. The lowest BCUT2D eigenvalue weighted by Crippen LogP contribution is -2.26. The predicted octanol–water partition coefficient (Wildman–Crippen LogP) is 3.60. The number of carbonyl (C=O) groups is 1. The standard InChI is InChI=1S/C20H27N5O/c1-12(2)9-10-22-20(26)16-17-19(25(18(16)21)11-13(3)4)24-15-8-6-5-7-14(15)23-17/h5-8,12-13H,9-11,21H2,1-4H3,(H,22,26). The quantitative estimate of drug-likeness (QED) is 0.709. The lowest BCUT2D eigenvalue weighted by atomic mass is 10.1. The van der Waals surface area contributed by atoms with Crippen LogP contribution in [0.15, 0.2) is 24.3 Å². The van der Waals surface area contributed by atoms with Gasteiger partial charge in [0.15, 0.2) is 5.65 Å². The zero-order valence-electron chi connectivity index (χ0n) is 15.9. The number of nitrogens with zero attached hydrogens (tertiary/aromatic N) is 3. The lowest BCUT2D eigenvalue weighted by molar-refractivity contribution is 0.0954. The van der Waals surface area contributed by atoms with Crippen LogP contribution < -0.4 is 11.1 Å². The Kier molecular flexibility index (Phi) is 5.11. The highest BCUT2D eigenvalue weighted by molar-refractivity contribution is 6.10. The molecule has 0 atom stereocenters. The van der Waals surface area contributed by atoms with E-state index >= 15 is 0 Å². The minimum absolute atomic E-state index is 0.180. The van der Waals surface area contributed by atoms with Gasteiger partial charge in [0, 0.05) is 13.1 Å². The van der Waals surface area contributed by atoms with Crippen LogP contribution in [0.3, 0.4) is 0 Å². The normalized spacial score (nSPS) is 11.8. The van der Waals surface area contributed by atoms with E-state index in [4.69, 9.17) is 15.7 Å². The molecule has 0 spiro atoms. The fraction of sp³-hybridized carbons (Fsp3) is 0.450. The molecule has 0 radical (unpaired) electrons. The average Bonchev–Trinajstić information content (AvgIpc) is 2.83. The summed E-state index contributed by atoms with van der Waals surface area (Å²) < 4.78 is 1.91. The highest BCUT2D eigenvalue weighted by atomic mass is 16.1. The van der Waals surface area contributed by atoms with Gasteiger partial charge < -0.3 is 15.6 Å². The van der Waals surface area contributed by atoms with Gasteiger partial charge in [-0.3, -0.25) is 4.79 Å². The van der Waals surface area contributed by atoms with Crippen LogP contribution in [0.4, 0.5) is 5.82 Å². The third kappa shape index (κ3) is 3.49. The van der Waals surface area contributed by atoms with Crippen molar-refractivity contribution in [3.05, 3.63) is 29.8 Å². The van der Waals surface area contributed by atoms with Crippen LogP contribution in [0.5, 0.6) is 0 Å². The van der Waals surface area contributed by atoms with Crippen molar-refractivity contribution in [2.75, 3.05) is 12.3 Å². The molecule has 0 aliphatic carbocycles. The number of fused-ring (bicyclic) bond motifs is 2. The fourth-order valence-electron chi connectivity index (χ4n) is 3.05. The monoisotopic (exact) mass is 353 g/mol. The number of nitrogens with two attached hydrogens (primary N) is 1. The molecule has 138 valence electrons. The smallest absolute Gasteiger partial charge is 0.257 e. The van der Waals surface area contributed by atoms with Crippen molar-refractivity contribution in [3.8, 4) is 0 Å². The minimum Gasteiger partial charge on any atom is -0.384 e. The van der Waals surface area contributed by atoms with Crippen molar-refractivity contribution in [1.82, 2.24) is 19.9 Å². The number of para-hydroxylation sites is 2. The number of aromatic nitrogens is 3. The molecule has 3 rings (SSSR count). The summed E-state index contributed by atoms with van der Waals surface area (Å²) in [6, 6.07) is 7.67. The molecule has 0 aliphatic rings. The van der Waals surface area contributed by atoms with Crippen LogP contribution in [-0.4, -0.2) is 27.0 Å². The second-order valence-corrected chi connectivity index (χ2v) is 7.59. The van der Waals surface area contributed by atoms with E-state index in [-0.39, 0.29) is 5.91 Å². The Hall–Kier alpha value is -2.63. The number of nitrogen functional groups attached to an aromatic ring is 1. The van der Waals surface area contributed by atoms with E-state index in [9.17, 15) is 4.79 Å². The van der Waals surface area contributed by atoms with Gasteiger partial charge in [-0.2, -0.15) is 0 Å². The van der Waals surface area contributed by atoms with Gasteiger partial charge in [-0.05, 0) is 30.4 Å². The number of rotatable bonds is 6. The maximum atomic E-state index is 12.8. The molecule has 0 bridgehead atoms. The van der Waals surface area contributed by atoms with Gasteiger partial charge in [0.1, 0.15) is 16.9 Å². The SMILES string of the molecule is CC(C)CCNC(=O)c1c(N)n(CC(C)C)c2nc3ccccc3nc12. The molecule has 3 N–H and O–H groups in total. The second kappa shape index (κ2) is 7.32. The molecule has 0 unspecified atom stereocenters. The van der Waals surface area contributed by atoms with Crippen LogP contribution >= 0.6 is 0 Å². The number of carbonyl (C=O) groups excluding carboxylic acids is 1. The molecule has 1 amide bonds. The lowest BCUT2D eigenvalue weighted by Gasteiger charge is -2.10. The molecule has 0 fully saturated rings. The topological polar surface area (TPSA) is 85.8 Å². The van der Waals surface area contributed by atoms with Crippen molar-refractivity contribution in [3.63, 3.8) is 0 Å². The molecule has 1 aromatic carbocycles. The number of hydrogen-bond donors (Lipinski definition) is 2. The van der Waals surface area contributed by atoms with E-state index in [0.29, 0.717) is 47.5 Å². The number of hydrogen-bond acceptors (Lipinski definition) is 4. The Balaban J connectivity index is 2.12. The molecule has 2 heterocycles. The first-order valence-electron chi connectivity index (χ1n) is 9.21. The van der Waals surface area contributed by atoms with Gasteiger partial charge in [0.25, 0.3) is 5.91 Å². The number of nitrogens with one attached hydrogen (secondary N) is 1. The van der Waals surface area contributed by atoms with Gasteiger partial charge in [-0.25, -0.2) is 9.97 Å². The molecule has 6 nitrogen and oxygen atoms in total. The number of benzene rings is 1. The van der Waals surface area contributed by atoms with Gasteiger partial charge in [-0.1, -0.05) is 39.8 Å². The van der Waals surface area contributed by atoms with Crippen molar-refractivity contribution >= 4 is 33.9 Å². The average molecular weight is 353 g/mol. The molecule has 0 saturated heterocycles. The Morgan fingerprint density at radius 1 is 1.12 bits per heavy atom. The van der Waals surface area contributed by atoms with Gasteiger partial charge in [0.2, 0.25) is 0 Å². The Morgan fingerprint density at radius 3 is 2.38 bits per heavy atom. The fourth-order valence-corrected chi connectivity index (χ4v) is 3.05. The maximum absolute atomic E-state index is 12.8. The van der Waals surface area contributed by atoms with Crippen LogP contribution in [0.2, 0.25) is 0 Å². The molecule has 0 saturated carbocycles. The van der Waals surface area contributed by atoms with Crippen molar-refractivity contribution in [1.29, 1.82) is 0 Å². The van der Waals surface area contributed by atoms with E-state index < -0.39 is 0 Å². The van der Waals surface area contributed by atoms with Crippen LogP contribution in [0.1, 0.15) is 44.5 Å². The van der Waals surface area contributed by atoms with E-state index in [1.165, 1.54) is 0 Å². The van der Waals surface area contributed by atoms with Crippen LogP contribution in [-0.2, 0) is 6.54 Å². The highest BCUT2D eigenvalue weighted by Crippen LogP contribution is 2.28. The summed E-state index contributed by atoms with van der Waals surface area (Å²) in [6.45, 7) is 9.80. The molecule has 2 aromatic heterocycles. The number of amides is 1. The molecular formula is C20H27N5O. The largest absolute Gasteiger partial charge is 0.384 e. The van der Waals surface area contributed by atoms with Gasteiger partial charge in [0.05, 0.1) is 11.0 Å². The Morgan fingerprint density at radius 2 is 1.77 bits per heavy atom. The van der Waals surface area contributed by atoms with Crippen molar-refractivity contribution < 1.29 is 4.79 Å². The first-order chi connectivity index (χ1) is 12.4. The van der Waals surface area contributed by atoms with E-state index in [1.807, 2.05) is 28.8 Å². The van der Waals surface area contributed by atoms with Crippen LogP contribution in [0, 0.1) is 11.8 Å². The summed E-state index contributed by atoms with van der Waals surface area (Å²) in [5, 5.41) is 2.98. The first-order valence-corrected chi connectivity index (χ1v) is 9.21. The summed E-state index contributed by atoms with van der Waals surface area (Å²) in [7, 11) is 0. The summed E-state index contributed by atoms with van der Waals surface area (Å²) in [4.78, 5) is 22.3. The van der Waals surface area contributed by atoms with E-state index in [1.54, 1.807) is 0 Å². The summed E-state index contributed by atoms with van der Waals surface area (Å²) in [5.74, 6) is 1.16. The van der Waals surface area contributed by atoms with Crippen molar-refractivity contribution in [2.24, 2.45) is 11.8 Å². The predicted molar refractivity (Wildman–Crippen MR) is 106 cm³/mol. The Labute approximate surface area is 153 Å². The van der Waals surface area contributed by atoms with Gasteiger partial charge in [-0.15, -0.1) is 0 Å². The summed E-state index contributed by atoms with van der Waals surface area (Å²) in [5.41, 5.74) is 9.62. The molecule has 6 heteroatoms. The molecular weight excluding hydrogens is 326 g/mol. The zero-order valence-corrected chi connectivity index (χ0v) is 15.9. The summed E-state index contributed by atoms with van der Waals surface area (Å²) >= 11 is 0. The Bertz CT molecular complexity index is 942. The van der Waals surface area contributed by atoms with Crippen molar-refractivity contribution in [2.45, 2.75) is 40.7 Å².